The molecule has 1 fully saturated rings. The first kappa shape index (κ1) is 23.1. The van der Waals surface area contributed by atoms with Crippen molar-refractivity contribution in [2.24, 2.45) is 5.92 Å². The van der Waals surface area contributed by atoms with Crippen LogP contribution in [0.3, 0.4) is 0 Å². The first-order valence-corrected chi connectivity index (χ1v) is 12.2. The molecule has 2 aromatic rings. The highest BCUT2D eigenvalue weighted by molar-refractivity contribution is 7.89. The standard InChI is InChI=1S/C23H27N3O6S/c1-15-22(27)25-20-13-19(6-7-21(20)32-15)33(29,30)26-10-8-17(9-11-26)23(28)24-14-16-4-3-5-18(12-16)31-2/h3-7,12-13,15,17H,8-11,14H2,1-2H3,(H,24,28)(H,25,27). The molecule has 2 aliphatic heterocycles. The van der Waals surface area contributed by atoms with E-state index in [1.807, 2.05) is 24.3 Å². The number of piperidine rings is 1. The lowest BCUT2D eigenvalue weighted by Crippen LogP contribution is -2.43. The Labute approximate surface area is 193 Å². The summed E-state index contributed by atoms with van der Waals surface area (Å²) in [6.07, 6.45) is 0.241. The quantitative estimate of drug-likeness (QED) is 0.665. The molecule has 2 amide bonds. The van der Waals surface area contributed by atoms with E-state index < -0.39 is 16.1 Å². The molecule has 9 nitrogen and oxygen atoms in total. The number of fused-ring (bicyclic) bond motifs is 1. The number of methoxy groups -OCH3 is 1. The zero-order chi connectivity index (χ0) is 23.6. The van der Waals surface area contributed by atoms with Crippen LogP contribution in [-0.2, 0) is 26.2 Å². The number of anilines is 1. The lowest BCUT2D eigenvalue weighted by Gasteiger charge is -2.31. The van der Waals surface area contributed by atoms with Crippen molar-refractivity contribution < 1.29 is 27.5 Å². The van der Waals surface area contributed by atoms with Crippen LogP contribution in [0.1, 0.15) is 25.3 Å². The predicted molar refractivity (Wildman–Crippen MR) is 121 cm³/mol. The van der Waals surface area contributed by atoms with Gasteiger partial charge in [0.1, 0.15) is 11.5 Å². The van der Waals surface area contributed by atoms with E-state index >= 15 is 0 Å². The number of nitrogens with one attached hydrogen (secondary N) is 2. The van der Waals surface area contributed by atoms with Crippen molar-refractivity contribution >= 4 is 27.5 Å². The van der Waals surface area contributed by atoms with Crippen LogP contribution < -0.4 is 20.1 Å². The lowest BCUT2D eigenvalue weighted by molar-refractivity contribution is -0.126. The number of nitrogens with zero attached hydrogens (tertiary/aromatic N) is 1. The van der Waals surface area contributed by atoms with Gasteiger partial charge in [0, 0.05) is 25.6 Å². The van der Waals surface area contributed by atoms with E-state index in [1.54, 1.807) is 20.1 Å². The van der Waals surface area contributed by atoms with Crippen LogP contribution in [0.4, 0.5) is 5.69 Å². The molecule has 2 N–H and O–H groups in total. The fraction of sp³-hybridized carbons (Fsp3) is 0.391. The zero-order valence-corrected chi connectivity index (χ0v) is 19.4. The number of carbonyl (C=O) groups is 2. The number of hydrogen-bond acceptors (Lipinski definition) is 6. The van der Waals surface area contributed by atoms with Gasteiger partial charge in [0.05, 0.1) is 17.7 Å². The second kappa shape index (κ2) is 9.40. The molecule has 33 heavy (non-hydrogen) atoms. The maximum Gasteiger partial charge on any atom is 0.265 e. The summed E-state index contributed by atoms with van der Waals surface area (Å²) >= 11 is 0. The highest BCUT2D eigenvalue weighted by atomic mass is 32.2. The Morgan fingerprint density at radius 3 is 2.70 bits per heavy atom. The van der Waals surface area contributed by atoms with Crippen molar-refractivity contribution in [3.63, 3.8) is 0 Å². The third-order valence-electron chi connectivity index (χ3n) is 5.95. The molecule has 0 spiro atoms. The Bertz CT molecular complexity index is 1160. The molecule has 2 aliphatic rings. The summed E-state index contributed by atoms with van der Waals surface area (Å²) in [5.74, 6) is 0.505. The summed E-state index contributed by atoms with van der Waals surface area (Å²) < 4.78 is 38.3. The molecule has 0 aromatic heterocycles. The van der Waals surface area contributed by atoms with E-state index in [4.69, 9.17) is 9.47 Å². The monoisotopic (exact) mass is 473 g/mol. The van der Waals surface area contributed by atoms with E-state index in [-0.39, 0.29) is 35.7 Å². The molecule has 2 aromatic carbocycles. The fourth-order valence-electron chi connectivity index (χ4n) is 3.97. The number of rotatable bonds is 6. The van der Waals surface area contributed by atoms with Gasteiger partial charge in [-0.15, -0.1) is 0 Å². The summed E-state index contributed by atoms with van der Waals surface area (Å²) in [5.41, 5.74) is 1.27. The average molecular weight is 474 g/mol. The van der Waals surface area contributed by atoms with E-state index in [9.17, 15) is 18.0 Å². The van der Waals surface area contributed by atoms with Crippen molar-refractivity contribution in [2.75, 3.05) is 25.5 Å². The number of carbonyl (C=O) groups excluding carboxylic acids is 2. The van der Waals surface area contributed by atoms with E-state index in [2.05, 4.69) is 10.6 Å². The molecule has 0 radical (unpaired) electrons. The highest BCUT2D eigenvalue weighted by Crippen LogP contribution is 2.33. The third kappa shape index (κ3) is 4.96. The van der Waals surface area contributed by atoms with Crippen LogP contribution in [0.5, 0.6) is 11.5 Å². The van der Waals surface area contributed by atoms with Crippen LogP contribution in [0.25, 0.3) is 0 Å². The van der Waals surface area contributed by atoms with Crippen LogP contribution in [0.15, 0.2) is 47.4 Å². The molecule has 1 unspecified atom stereocenters. The maximum atomic E-state index is 13.1. The van der Waals surface area contributed by atoms with Crippen molar-refractivity contribution in [1.29, 1.82) is 0 Å². The van der Waals surface area contributed by atoms with Gasteiger partial charge < -0.3 is 20.1 Å². The van der Waals surface area contributed by atoms with Crippen LogP contribution >= 0.6 is 0 Å². The van der Waals surface area contributed by atoms with Crippen LogP contribution in [0, 0.1) is 5.92 Å². The van der Waals surface area contributed by atoms with Gasteiger partial charge in [0.25, 0.3) is 5.91 Å². The summed E-state index contributed by atoms with van der Waals surface area (Å²) in [6.45, 7) is 2.50. The molecule has 1 atom stereocenters. The number of benzene rings is 2. The van der Waals surface area contributed by atoms with Gasteiger partial charge in [-0.25, -0.2) is 8.42 Å². The second-order valence-corrected chi connectivity index (χ2v) is 10.1. The van der Waals surface area contributed by atoms with Gasteiger partial charge in [-0.1, -0.05) is 12.1 Å². The Balaban J connectivity index is 1.35. The number of hydrogen-bond donors (Lipinski definition) is 2. The van der Waals surface area contributed by atoms with Crippen molar-refractivity contribution in [3.05, 3.63) is 48.0 Å². The Morgan fingerprint density at radius 1 is 1.21 bits per heavy atom. The van der Waals surface area contributed by atoms with Crippen LogP contribution in [0.2, 0.25) is 0 Å². The van der Waals surface area contributed by atoms with Crippen molar-refractivity contribution in [2.45, 2.75) is 37.3 Å². The van der Waals surface area contributed by atoms with Crippen LogP contribution in [-0.4, -0.2) is 50.8 Å². The zero-order valence-electron chi connectivity index (χ0n) is 18.5. The summed E-state index contributed by atoms with van der Waals surface area (Å²) in [4.78, 5) is 24.5. The minimum atomic E-state index is -3.76. The van der Waals surface area contributed by atoms with Gasteiger partial charge in [-0.3, -0.25) is 9.59 Å². The minimum Gasteiger partial charge on any atom is -0.497 e. The van der Waals surface area contributed by atoms with E-state index in [1.165, 1.54) is 16.4 Å². The first-order chi connectivity index (χ1) is 15.8. The Morgan fingerprint density at radius 2 is 1.97 bits per heavy atom. The SMILES string of the molecule is COc1cccc(CNC(=O)C2CCN(S(=O)(=O)c3ccc4c(c3)NC(=O)C(C)O4)CC2)c1. The summed E-state index contributed by atoms with van der Waals surface area (Å²) in [6, 6.07) is 11.9. The normalized spacial score (nSPS) is 19.2. The second-order valence-electron chi connectivity index (χ2n) is 8.15. The third-order valence-corrected chi connectivity index (χ3v) is 7.84. The predicted octanol–water partition coefficient (Wildman–Crippen LogP) is 2.13. The van der Waals surface area contributed by atoms with Gasteiger partial charge in [-0.05, 0) is 55.7 Å². The average Bonchev–Trinajstić information content (AvgIpc) is 2.83. The Hall–Kier alpha value is -3.11. The maximum absolute atomic E-state index is 13.1. The molecule has 0 saturated carbocycles. The number of amides is 2. The number of sulfonamides is 1. The molecule has 1 saturated heterocycles. The summed E-state index contributed by atoms with van der Waals surface area (Å²) in [7, 11) is -2.17. The molecule has 2 heterocycles. The summed E-state index contributed by atoms with van der Waals surface area (Å²) in [5, 5.41) is 5.60. The molecular weight excluding hydrogens is 446 g/mol. The van der Waals surface area contributed by atoms with E-state index in [0.29, 0.717) is 30.8 Å². The highest BCUT2D eigenvalue weighted by Gasteiger charge is 2.33. The fourth-order valence-corrected chi connectivity index (χ4v) is 5.47. The van der Waals surface area contributed by atoms with Gasteiger partial charge >= 0.3 is 0 Å². The Kier molecular flexibility index (Phi) is 6.57. The largest absolute Gasteiger partial charge is 0.497 e. The van der Waals surface area contributed by atoms with Crippen molar-refractivity contribution in [3.8, 4) is 11.5 Å². The molecule has 0 aliphatic carbocycles. The smallest absolute Gasteiger partial charge is 0.265 e. The minimum absolute atomic E-state index is 0.0839. The molecule has 4 rings (SSSR count). The van der Waals surface area contributed by atoms with E-state index in [0.717, 1.165) is 11.3 Å². The van der Waals surface area contributed by atoms with Gasteiger partial charge in [0.15, 0.2) is 6.10 Å². The molecular formula is C23H27N3O6S. The first-order valence-electron chi connectivity index (χ1n) is 10.8. The topological polar surface area (TPSA) is 114 Å². The molecule has 0 bridgehead atoms. The van der Waals surface area contributed by atoms with Crippen molar-refractivity contribution in [1.82, 2.24) is 9.62 Å². The van der Waals surface area contributed by atoms with Gasteiger partial charge in [-0.2, -0.15) is 4.31 Å². The lowest BCUT2D eigenvalue weighted by atomic mass is 9.97. The van der Waals surface area contributed by atoms with Gasteiger partial charge in [0.2, 0.25) is 15.9 Å². The molecule has 10 heteroatoms. The molecule has 176 valence electrons. The number of ether oxygens (including phenoxy) is 2.